The van der Waals surface area contributed by atoms with Crippen molar-refractivity contribution in [1.29, 1.82) is 5.26 Å². The third kappa shape index (κ3) is 3.81. The summed E-state index contributed by atoms with van der Waals surface area (Å²) in [6.45, 7) is 0.427. The lowest BCUT2D eigenvalue weighted by Gasteiger charge is -2.12. The summed E-state index contributed by atoms with van der Waals surface area (Å²) in [7, 11) is 1.43. The zero-order valence-electron chi connectivity index (χ0n) is 14.0. The second-order valence-corrected chi connectivity index (χ2v) is 6.63. The maximum absolute atomic E-state index is 14.8. The van der Waals surface area contributed by atoms with Crippen molar-refractivity contribution in [2.75, 3.05) is 7.11 Å². The topological polar surface area (TPSA) is 42.2 Å². The molecule has 0 bridgehead atoms. The molecule has 0 aliphatic carbocycles. The van der Waals surface area contributed by atoms with Gasteiger partial charge in [-0.05, 0) is 51.9 Å². The van der Waals surface area contributed by atoms with Crippen LogP contribution in [0.4, 0.5) is 4.39 Å². The van der Waals surface area contributed by atoms with Gasteiger partial charge in [0.1, 0.15) is 24.2 Å². The first-order valence-electron chi connectivity index (χ1n) is 7.87. The Hall–Kier alpha value is -2.59. The molecule has 0 amide bonds. The number of nitriles is 1. The molecule has 130 valence electrons. The summed E-state index contributed by atoms with van der Waals surface area (Å²) in [6, 6.07) is 20.6. The second kappa shape index (κ2) is 8.19. The van der Waals surface area contributed by atoms with Gasteiger partial charge in [-0.2, -0.15) is 5.26 Å². The van der Waals surface area contributed by atoms with Crippen LogP contribution < -0.4 is 9.47 Å². The van der Waals surface area contributed by atoms with Crippen molar-refractivity contribution in [2.24, 2.45) is 0 Å². The minimum atomic E-state index is -0.415. The van der Waals surface area contributed by atoms with Crippen LogP contribution in [0.15, 0.2) is 60.7 Å². The molecule has 0 unspecified atom stereocenters. The van der Waals surface area contributed by atoms with Gasteiger partial charge in [-0.1, -0.05) is 42.5 Å². The van der Waals surface area contributed by atoms with E-state index in [1.54, 1.807) is 18.2 Å². The molecule has 0 heterocycles. The Morgan fingerprint density at radius 1 is 1.08 bits per heavy atom. The van der Waals surface area contributed by atoms with Crippen molar-refractivity contribution in [2.45, 2.75) is 6.61 Å². The maximum atomic E-state index is 14.8. The van der Waals surface area contributed by atoms with Crippen LogP contribution in [0.5, 0.6) is 11.5 Å². The second-order valence-electron chi connectivity index (χ2n) is 5.55. The Morgan fingerprint density at radius 3 is 2.54 bits per heavy atom. The molecule has 0 radical (unpaired) electrons. The SMILES string of the molecule is COc1c(C#N)cc(-c2cccc(OCc3ccccc3)c2)c(F)c1I. The fourth-order valence-electron chi connectivity index (χ4n) is 2.60. The molecule has 3 aromatic rings. The van der Waals surface area contributed by atoms with Crippen molar-refractivity contribution in [3.63, 3.8) is 0 Å². The fourth-order valence-corrected chi connectivity index (χ4v) is 3.40. The summed E-state index contributed by atoms with van der Waals surface area (Å²) >= 11 is 1.86. The van der Waals surface area contributed by atoms with E-state index in [9.17, 15) is 9.65 Å². The van der Waals surface area contributed by atoms with E-state index in [0.717, 1.165) is 5.56 Å². The van der Waals surface area contributed by atoms with E-state index in [0.29, 0.717) is 29.0 Å². The molecule has 3 rings (SSSR count). The van der Waals surface area contributed by atoms with Crippen LogP contribution in [0, 0.1) is 20.7 Å². The third-order valence-corrected chi connectivity index (χ3v) is 4.84. The fraction of sp³-hybridized carbons (Fsp3) is 0.0952. The van der Waals surface area contributed by atoms with Gasteiger partial charge >= 0.3 is 0 Å². The van der Waals surface area contributed by atoms with E-state index >= 15 is 0 Å². The Balaban J connectivity index is 1.93. The summed E-state index contributed by atoms with van der Waals surface area (Å²) in [5.74, 6) is 0.475. The van der Waals surface area contributed by atoms with Crippen molar-refractivity contribution < 1.29 is 13.9 Å². The zero-order chi connectivity index (χ0) is 18.5. The molecule has 0 N–H and O–H groups in total. The highest BCUT2D eigenvalue weighted by atomic mass is 127. The van der Waals surface area contributed by atoms with Crippen molar-refractivity contribution in [1.82, 2.24) is 0 Å². The minimum Gasteiger partial charge on any atom is -0.494 e. The lowest BCUT2D eigenvalue weighted by atomic mass is 10.0. The quantitative estimate of drug-likeness (QED) is 0.470. The number of hydrogen-bond donors (Lipinski definition) is 0. The van der Waals surface area contributed by atoms with Gasteiger partial charge in [0.2, 0.25) is 0 Å². The van der Waals surface area contributed by atoms with Crippen molar-refractivity contribution >= 4 is 22.6 Å². The van der Waals surface area contributed by atoms with Crippen LogP contribution in [0.2, 0.25) is 0 Å². The first-order chi connectivity index (χ1) is 12.6. The van der Waals surface area contributed by atoms with Crippen molar-refractivity contribution in [3.8, 4) is 28.7 Å². The van der Waals surface area contributed by atoms with E-state index in [1.807, 2.05) is 59.0 Å². The number of halogens is 2. The smallest absolute Gasteiger partial charge is 0.152 e. The third-order valence-electron chi connectivity index (χ3n) is 3.88. The highest BCUT2D eigenvalue weighted by molar-refractivity contribution is 14.1. The Morgan fingerprint density at radius 2 is 1.85 bits per heavy atom. The maximum Gasteiger partial charge on any atom is 0.152 e. The Kier molecular flexibility index (Phi) is 5.74. The standard InChI is InChI=1S/C21H15FINO2/c1-25-21-16(12-24)11-18(19(22)20(21)23)15-8-5-9-17(10-15)26-13-14-6-3-2-4-7-14/h2-11H,13H2,1H3. The number of methoxy groups -OCH3 is 1. The molecular weight excluding hydrogens is 444 g/mol. The molecular formula is C21H15FINO2. The number of hydrogen-bond acceptors (Lipinski definition) is 3. The van der Waals surface area contributed by atoms with E-state index < -0.39 is 5.82 Å². The van der Waals surface area contributed by atoms with Gasteiger partial charge in [0, 0.05) is 5.56 Å². The molecule has 3 nitrogen and oxygen atoms in total. The molecule has 0 spiro atoms. The molecule has 0 saturated heterocycles. The predicted octanol–water partition coefficient (Wildman–Crippen LogP) is 5.56. The van der Waals surface area contributed by atoms with E-state index in [4.69, 9.17) is 9.47 Å². The van der Waals surface area contributed by atoms with Crippen LogP contribution in [-0.2, 0) is 6.61 Å². The monoisotopic (exact) mass is 459 g/mol. The molecule has 5 heteroatoms. The van der Waals surface area contributed by atoms with Gasteiger partial charge in [-0.15, -0.1) is 0 Å². The normalized spacial score (nSPS) is 10.2. The summed E-state index contributed by atoms with van der Waals surface area (Å²) in [4.78, 5) is 0. The van der Waals surface area contributed by atoms with Crippen LogP contribution >= 0.6 is 22.6 Å². The first kappa shape index (κ1) is 18.2. The molecule has 3 aromatic carbocycles. The van der Waals surface area contributed by atoms with Crippen LogP contribution in [0.25, 0.3) is 11.1 Å². The van der Waals surface area contributed by atoms with Gasteiger partial charge in [-0.25, -0.2) is 4.39 Å². The van der Waals surface area contributed by atoms with Gasteiger partial charge in [-0.3, -0.25) is 0 Å². The summed E-state index contributed by atoms with van der Waals surface area (Å²) < 4.78 is 26.0. The van der Waals surface area contributed by atoms with Gasteiger partial charge in [0.25, 0.3) is 0 Å². The average molecular weight is 459 g/mol. The molecule has 0 atom stereocenters. The first-order valence-corrected chi connectivity index (χ1v) is 8.95. The van der Waals surface area contributed by atoms with E-state index in [2.05, 4.69) is 6.07 Å². The highest BCUT2D eigenvalue weighted by Gasteiger charge is 2.18. The highest BCUT2D eigenvalue weighted by Crippen LogP contribution is 2.36. The minimum absolute atomic E-state index is 0.255. The number of benzene rings is 3. The molecule has 0 fully saturated rings. The predicted molar refractivity (Wildman–Crippen MR) is 107 cm³/mol. The summed E-state index contributed by atoms with van der Waals surface area (Å²) in [5, 5.41) is 9.32. The Labute approximate surface area is 165 Å². The number of nitrogens with zero attached hydrogens (tertiary/aromatic N) is 1. The lowest BCUT2D eigenvalue weighted by Crippen LogP contribution is -1.99. The number of ether oxygens (including phenoxy) is 2. The average Bonchev–Trinajstić information content (AvgIpc) is 2.69. The molecule has 0 aliphatic rings. The van der Waals surface area contributed by atoms with E-state index in [-0.39, 0.29) is 9.32 Å². The van der Waals surface area contributed by atoms with Crippen molar-refractivity contribution in [3.05, 3.63) is 81.2 Å². The van der Waals surface area contributed by atoms with Crippen LogP contribution in [0.1, 0.15) is 11.1 Å². The lowest BCUT2D eigenvalue weighted by molar-refractivity contribution is 0.306. The molecule has 0 aliphatic heterocycles. The summed E-state index contributed by atoms with van der Waals surface area (Å²) in [5.41, 5.74) is 2.33. The van der Waals surface area contributed by atoms with Crippen LogP contribution in [0.3, 0.4) is 0 Å². The van der Waals surface area contributed by atoms with Gasteiger partial charge in [0.05, 0.1) is 16.2 Å². The van der Waals surface area contributed by atoms with Gasteiger partial charge < -0.3 is 9.47 Å². The zero-order valence-corrected chi connectivity index (χ0v) is 16.2. The van der Waals surface area contributed by atoms with E-state index in [1.165, 1.54) is 13.2 Å². The number of rotatable bonds is 5. The molecule has 0 saturated carbocycles. The molecule has 26 heavy (non-hydrogen) atoms. The Bertz CT molecular complexity index is 968. The van der Waals surface area contributed by atoms with Gasteiger partial charge in [0.15, 0.2) is 5.75 Å². The molecule has 0 aromatic heterocycles. The van der Waals surface area contributed by atoms with Crippen LogP contribution in [-0.4, -0.2) is 7.11 Å². The largest absolute Gasteiger partial charge is 0.494 e. The summed E-state index contributed by atoms with van der Waals surface area (Å²) in [6.07, 6.45) is 0.